The first-order valence-electron chi connectivity index (χ1n) is 5.32. The number of hydrogen-bond acceptors (Lipinski definition) is 5. The van der Waals surface area contributed by atoms with Crippen molar-refractivity contribution in [2.24, 2.45) is 0 Å². The molecular formula is C12H13ClN4S. The van der Waals surface area contributed by atoms with Crippen LogP contribution in [-0.2, 0) is 5.75 Å². The van der Waals surface area contributed by atoms with Crippen molar-refractivity contribution in [3.05, 3.63) is 40.4 Å². The van der Waals surface area contributed by atoms with Gasteiger partial charge in [-0.05, 0) is 24.1 Å². The molecule has 0 aliphatic carbocycles. The Morgan fingerprint density at radius 2 is 1.83 bits per heavy atom. The molecule has 0 unspecified atom stereocenters. The fraction of sp³-hybridized carbons (Fsp3) is 0.167. The maximum Gasteiger partial charge on any atom is 0.191 e. The van der Waals surface area contributed by atoms with Gasteiger partial charge in [0.15, 0.2) is 5.16 Å². The molecule has 1 heterocycles. The van der Waals surface area contributed by atoms with Crippen molar-refractivity contribution in [2.75, 3.05) is 11.5 Å². The average Bonchev–Trinajstić information content (AvgIpc) is 2.26. The minimum atomic E-state index is 0.375. The van der Waals surface area contributed by atoms with E-state index in [4.69, 9.17) is 23.1 Å². The Morgan fingerprint density at radius 1 is 1.17 bits per heavy atom. The van der Waals surface area contributed by atoms with Gasteiger partial charge in [-0.3, -0.25) is 0 Å². The summed E-state index contributed by atoms with van der Waals surface area (Å²) in [6.07, 6.45) is 0. The van der Waals surface area contributed by atoms with E-state index in [0.29, 0.717) is 22.5 Å². The molecule has 18 heavy (non-hydrogen) atoms. The number of nitrogen functional groups attached to an aromatic ring is 2. The Hall–Kier alpha value is -1.46. The SMILES string of the molecule is Cc1ccc(CSc2nc(N)cc(N)n2)c(Cl)c1. The summed E-state index contributed by atoms with van der Waals surface area (Å²) >= 11 is 7.61. The van der Waals surface area contributed by atoms with Crippen LogP contribution in [0.5, 0.6) is 0 Å². The van der Waals surface area contributed by atoms with Gasteiger partial charge in [0.25, 0.3) is 0 Å². The molecule has 4 N–H and O–H groups in total. The van der Waals surface area contributed by atoms with Gasteiger partial charge in [0, 0.05) is 16.8 Å². The molecule has 2 rings (SSSR count). The van der Waals surface area contributed by atoms with E-state index in [2.05, 4.69) is 9.97 Å². The van der Waals surface area contributed by atoms with Crippen LogP contribution in [0.4, 0.5) is 11.6 Å². The highest BCUT2D eigenvalue weighted by atomic mass is 35.5. The number of thioether (sulfide) groups is 1. The molecule has 0 spiro atoms. The lowest BCUT2D eigenvalue weighted by atomic mass is 10.2. The van der Waals surface area contributed by atoms with Crippen LogP contribution in [0.15, 0.2) is 29.4 Å². The maximum atomic E-state index is 6.15. The van der Waals surface area contributed by atoms with E-state index in [-0.39, 0.29) is 0 Å². The number of anilines is 2. The molecule has 0 fully saturated rings. The van der Waals surface area contributed by atoms with Gasteiger partial charge >= 0.3 is 0 Å². The average molecular weight is 281 g/mol. The molecule has 1 aromatic carbocycles. The van der Waals surface area contributed by atoms with Crippen LogP contribution in [0, 0.1) is 6.92 Å². The Kier molecular flexibility index (Phi) is 3.93. The lowest BCUT2D eigenvalue weighted by molar-refractivity contribution is 0.984. The van der Waals surface area contributed by atoms with Gasteiger partial charge in [-0.2, -0.15) is 0 Å². The van der Waals surface area contributed by atoms with Gasteiger partial charge < -0.3 is 11.5 Å². The normalized spacial score (nSPS) is 10.6. The van der Waals surface area contributed by atoms with Crippen molar-refractivity contribution < 1.29 is 0 Å². The monoisotopic (exact) mass is 280 g/mol. The fourth-order valence-electron chi connectivity index (χ4n) is 1.44. The second-order valence-electron chi connectivity index (χ2n) is 3.88. The molecule has 0 saturated carbocycles. The second-order valence-corrected chi connectivity index (χ2v) is 5.23. The minimum Gasteiger partial charge on any atom is -0.383 e. The summed E-state index contributed by atoms with van der Waals surface area (Å²) in [5.41, 5.74) is 13.4. The van der Waals surface area contributed by atoms with Crippen molar-refractivity contribution in [1.82, 2.24) is 9.97 Å². The molecule has 0 bridgehead atoms. The van der Waals surface area contributed by atoms with E-state index >= 15 is 0 Å². The standard InChI is InChI=1S/C12H13ClN4S/c1-7-2-3-8(9(13)4-7)6-18-12-16-10(14)5-11(15)17-12/h2-5H,6H2,1H3,(H4,14,15,16,17). The number of aromatic nitrogens is 2. The van der Waals surface area contributed by atoms with E-state index in [1.807, 2.05) is 25.1 Å². The zero-order valence-corrected chi connectivity index (χ0v) is 11.4. The van der Waals surface area contributed by atoms with Crippen molar-refractivity contribution in [3.8, 4) is 0 Å². The van der Waals surface area contributed by atoms with Crippen molar-refractivity contribution in [2.45, 2.75) is 17.8 Å². The van der Waals surface area contributed by atoms with E-state index in [1.54, 1.807) is 0 Å². The van der Waals surface area contributed by atoms with Crippen LogP contribution in [0.25, 0.3) is 0 Å². The van der Waals surface area contributed by atoms with Crippen molar-refractivity contribution >= 4 is 35.0 Å². The third-order valence-corrected chi connectivity index (χ3v) is 3.56. The van der Waals surface area contributed by atoms with Crippen molar-refractivity contribution in [3.63, 3.8) is 0 Å². The quantitative estimate of drug-likeness (QED) is 0.668. The first kappa shape index (κ1) is 13.0. The van der Waals surface area contributed by atoms with Crippen LogP contribution in [0.1, 0.15) is 11.1 Å². The predicted molar refractivity (Wildman–Crippen MR) is 76.6 cm³/mol. The third-order valence-electron chi connectivity index (χ3n) is 2.31. The molecule has 1 aromatic heterocycles. The molecular weight excluding hydrogens is 268 g/mol. The zero-order valence-electron chi connectivity index (χ0n) is 9.85. The fourth-order valence-corrected chi connectivity index (χ4v) is 2.70. The van der Waals surface area contributed by atoms with E-state index < -0.39 is 0 Å². The number of nitrogens with two attached hydrogens (primary N) is 2. The van der Waals surface area contributed by atoms with Gasteiger partial charge in [-0.25, -0.2) is 9.97 Å². The molecule has 0 saturated heterocycles. The van der Waals surface area contributed by atoms with E-state index in [1.165, 1.54) is 17.8 Å². The topological polar surface area (TPSA) is 77.8 Å². The van der Waals surface area contributed by atoms with Crippen LogP contribution in [-0.4, -0.2) is 9.97 Å². The van der Waals surface area contributed by atoms with Gasteiger partial charge in [-0.1, -0.05) is 35.5 Å². The Morgan fingerprint density at radius 3 is 2.44 bits per heavy atom. The molecule has 2 aromatic rings. The summed E-state index contributed by atoms with van der Waals surface area (Å²) in [4.78, 5) is 8.21. The molecule has 0 aliphatic heterocycles. The van der Waals surface area contributed by atoms with Crippen LogP contribution in [0.3, 0.4) is 0 Å². The van der Waals surface area contributed by atoms with E-state index in [0.717, 1.165) is 16.1 Å². The molecule has 0 atom stereocenters. The minimum absolute atomic E-state index is 0.375. The first-order valence-corrected chi connectivity index (χ1v) is 6.69. The largest absolute Gasteiger partial charge is 0.383 e. The van der Waals surface area contributed by atoms with Gasteiger partial charge in [0.2, 0.25) is 0 Å². The summed E-state index contributed by atoms with van der Waals surface area (Å²) in [7, 11) is 0. The zero-order chi connectivity index (χ0) is 13.1. The number of hydrogen-bond donors (Lipinski definition) is 2. The van der Waals surface area contributed by atoms with Crippen LogP contribution >= 0.6 is 23.4 Å². The lowest BCUT2D eigenvalue weighted by Gasteiger charge is -2.05. The Bertz CT molecular complexity index is 554. The number of nitrogens with zero attached hydrogens (tertiary/aromatic N) is 2. The Balaban J connectivity index is 2.11. The highest BCUT2D eigenvalue weighted by Gasteiger charge is 2.05. The van der Waals surface area contributed by atoms with Crippen LogP contribution < -0.4 is 11.5 Å². The number of aryl methyl sites for hydroxylation is 1. The molecule has 0 amide bonds. The molecule has 4 nitrogen and oxygen atoms in total. The molecule has 0 aliphatic rings. The second kappa shape index (κ2) is 5.46. The molecule has 6 heteroatoms. The van der Waals surface area contributed by atoms with E-state index in [9.17, 15) is 0 Å². The molecule has 0 radical (unpaired) electrons. The van der Waals surface area contributed by atoms with Crippen molar-refractivity contribution in [1.29, 1.82) is 0 Å². The number of rotatable bonds is 3. The summed E-state index contributed by atoms with van der Waals surface area (Å²) in [6.45, 7) is 2.00. The summed E-state index contributed by atoms with van der Waals surface area (Å²) < 4.78 is 0. The maximum absolute atomic E-state index is 6.15. The highest BCUT2D eigenvalue weighted by molar-refractivity contribution is 7.98. The summed E-state index contributed by atoms with van der Waals surface area (Å²) in [6, 6.07) is 7.49. The first-order chi connectivity index (χ1) is 8.54. The highest BCUT2D eigenvalue weighted by Crippen LogP contribution is 2.26. The number of halogens is 1. The van der Waals surface area contributed by atoms with Gasteiger partial charge in [0.05, 0.1) is 0 Å². The van der Waals surface area contributed by atoms with Crippen LogP contribution in [0.2, 0.25) is 5.02 Å². The van der Waals surface area contributed by atoms with Gasteiger partial charge in [-0.15, -0.1) is 0 Å². The summed E-state index contributed by atoms with van der Waals surface area (Å²) in [5, 5.41) is 1.31. The number of benzene rings is 1. The smallest absolute Gasteiger partial charge is 0.191 e. The van der Waals surface area contributed by atoms with Gasteiger partial charge in [0.1, 0.15) is 11.6 Å². The predicted octanol–water partition coefficient (Wildman–Crippen LogP) is 2.90. The lowest BCUT2D eigenvalue weighted by Crippen LogP contribution is -1.99. The Labute approximate surface area is 115 Å². The third kappa shape index (κ3) is 3.27. The summed E-state index contributed by atoms with van der Waals surface area (Å²) in [5.74, 6) is 1.43. The molecule has 94 valence electrons.